The SMILES string of the molecule is O=C(CCNc1ccccc1N1CCOCC1)Nc1c(Cl)cccc1Cl. The summed E-state index contributed by atoms with van der Waals surface area (Å²) in [4.78, 5) is 14.5. The molecule has 1 amide bonds. The summed E-state index contributed by atoms with van der Waals surface area (Å²) >= 11 is 12.2. The molecular weight excluding hydrogens is 373 g/mol. The number of para-hydroxylation sites is 3. The van der Waals surface area contributed by atoms with E-state index in [0.717, 1.165) is 37.7 Å². The fraction of sp³-hybridized carbons (Fsp3) is 0.316. The predicted octanol–water partition coefficient (Wildman–Crippen LogP) is 4.27. The average Bonchev–Trinajstić information content (AvgIpc) is 2.66. The van der Waals surface area contributed by atoms with E-state index >= 15 is 0 Å². The van der Waals surface area contributed by atoms with Crippen molar-refractivity contribution in [3.63, 3.8) is 0 Å². The molecular formula is C19H21Cl2N3O2. The van der Waals surface area contributed by atoms with Gasteiger partial charge in [0.25, 0.3) is 0 Å². The number of hydrogen-bond acceptors (Lipinski definition) is 4. The van der Waals surface area contributed by atoms with Crippen LogP contribution < -0.4 is 15.5 Å². The third-order valence-electron chi connectivity index (χ3n) is 4.15. The minimum atomic E-state index is -0.142. The van der Waals surface area contributed by atoms with E-state index < -0.39 is 0 Å². The first-order valence-electron chi connectivity index (χ1n) is 8.54. The second-order valence-corrected chi connectivity index (χ2v) is 6.75. The summed E-state index contributed by atoms with van der Waals surface area (Å²) in [5.41, 5.74) is 2.60. The molecule has 3 rings (SSSR count). The van der Waals surface area contributed by atoms with Crippen LogP contribution in [0.2, 0.25) is 10.0 Å². The number of nitrogens with zero attached hydrogens (tertiary/aromatic N) is 1. The van der Waals surface area contributed by atoms with Gasteiger partial charge in [-0.3, -0.25) is 4.79 Å². The summed E-state index contributed by atoms with van der Waals surface area (Å²) in [6.07, 6.45) is 0.305. The molecule has 1 fully saturated rings. The highest BCUT2D eigenvalue weighted by molar-refractivity contribution is 6.39. The minimum Gasteiger partial charge on any atom is -0.383 e. The summed E-state index contributed by atoms with van der Waals surface area (Å²) < 4.78 is 5.41. The Morgan fingerprint density at radius 3 is 2.46 bits per heavy atom. The Morgan fingerprint density at radius 1 is 1.04 bits per heavy atom. The summed E-state index contributed by atoms with van der Waals surface area (Å²) in [5, 5.41) is 6.97. The van der Waals surface area contributed by atoms with E-state index in [1.807, 2.05) is 18.2 Å². The Bertz CT molecular complexity index is 744. The highest BCUT2D eigenvalue weighted by Crippen LogP contribution is 2.30. The highest BCUT2D eigenvalue weighted by atomic mass is 35.5. The minimum absolute atomic E-state index is 0.142. The third-order valence-corrected chi connectivity index (χ3v) is 4.78. The summed E-state index contributed by atoms with van der Waals surface area (Å²) in [6, 6.07) is 13.2. The van der Waals surface area contributed by atoms with E-state index in [2.05, 4.69) is 21.6 Å². The molecule has 138 valence electrons. The summed E-state index contributed by atoms with van der Waals surface area (Å²) in [5.74, 6) is -0.142. The zero-order chi connectivity index (χ0) is 18.4. The van der Waals surface area contributed by atoms with Gasteiger partial charge in [0.1, 0.15) is 0 Å². The van der Waals surface area contributed by atoms with Gasteiger partial charge in [-0.25, -0.2) is 0 Å². The van der Waals surface area contributed by atoms with E-state index in [9.17, 15) is 4.79 Å². The van der Waals surface area contributed by atoms with Gasteiger partial charge in [-0.1, -0.05) is 41.4 Å². The monoisotopic (exact) mass is 393 g/mol. The smallest absolute Gasteiger partial charge is 0.226 e. The van der Waals surface area contributed by atoms with E-state index in [1.54, 1.807) is 18.2 Å². The van der Waals surface area contributed by atoms with Crippen molar-refractivity contribution in [2.45, 2.75) is 6.42 Å². The Morgan fingerprint density at radius 2 is 1.73 bits per heavy atom. The fourth-order valence-electron chi connectivity index (χ4n) is 2.83. The molecule has 1 heterocycles. The van der Waals surface area contributed by atoms with Gasteiger partial charge in [-0.05, 0) is 24.3 Å². The number of carbonyl (C=O) groups excluding carboxylic acids is 1. The maximum absolute atomic E-state index is 12.2. The molecule has 5 nitrogen and oxygen atoms in total. The maximum atomic E-state index is 12.2. The molecule has 2 aromatic carbocycles. The summed E-state index contributed by atoms with van der Waals surface area (Å²) in [6.45, 7) is 3.70. The van der Waals surface area contributed by atoms with Gasteiger partial charge in [0.2, 0.25) is 5.91 Å². The normalized spacial score (nSPS) is 14.2. The lowest BCUT2D eigenvalue weighted by Gasteiger charge is -2.30. The zero-order valence-electron chi connectivity index (χ0n) is 14.3. The van der Waals surface area contributed by atoms with Crippen LogP contribution >= 0.6 is 23.2 Å². The number of hydrogen-bond donors (Lipinski definition) is 2. The van der Waals surface area contributed by atoms with E-state index in [4.69, 9.17) is 27.9 Å². The Balaban J connectivity index is 1.56. The van der Waals surface area contributed by atoms with Gasteiger partial charge < -0.3 is 20.3 Å². The number of morpholine rings is 1. The predicted molar refractivity (Wildman–Crippen MR) is 108 cm³/mol. The van der Waals surface area contributed by atoms with Crippen molar-refractivity contribution >= 4 is 46.2 Å². The van der Waals surface area contributed by atoms with Crippen molar-refractivity contribution in [3.05, 3.63) is 52.5 Å². The first kappa shape index (κ1) is 18.8. The van der Waals surface area contributed by atoms with Crippen LogP contribution in [-0.2, 0) is 9.53 Å². The first-order chi connectivity index (χ1) is 12.6. The van der Waals surface area contributed by atoms with E-state index in [1.165, 1.54) is 0 Å². The lowest BCUT2D eigenvalue weighted by atomic mass is 10.2. The Kier molecular flexibility index (Phi) is 6.61. The number of amides is 1. The second-order valence-electron chi connectivity index (χ2n) is 5.94. The van der Waals surface area contributed by atoms with Crippen molar-refractivity contribution in [1.82, 2.24) is 0 Å². The molecule has 0 aliphatic carbocycles. The molecule has 1 aliphatic heterocycles. The summed E-state index contributed by atoms with van der Waals surface area (Å²) in [7, 11) is 0. The van der Waals surface area contributed by atoms with Crippen molar-refractivity contribution in [3.8, 4) is 0 Å². The van der Waals surface area contributed by atoms with Crippen LogP contribution in [0, 0.1) is 0 Å². The Hall–Kier alpha value is -1.95. The molecule has 1 saturated heterocycles. The molecule has 1 aliphatic rings. The number of anilines is 3. The molecule has 2 aromatic rings. The topological polar surface area (TPSA) is 53.6 Å². The number of halogens is 2. The quantitative estimate of drug-likeness (QED) is 0.769. The first-order valence-corrected chi connectivity index (χ1v) is 9.30. The van der Waals surface area contributed by atoms with Gasteiger partial charge in [-0.15, -0.1) is 0 Å². The lowest BCUT2D eigenvalue weighted by molar-refractivity contribution is -0.115. The molecule has 0 radical (unpaired) electrons. The molecule has 2 N–H and O–H groups in total. The van der Waals surface area contributed by atoms with Gasteiger partial charge in [-0.2, -0.15) is 0 Å². The molecule has 0 bridgehead atoms. The molecule has 0 aromatic heterocycles. The van der Waals surface area contributed by atoms with Crippen LogP contribution in [0.15, 0.2) is 42.5 Å². The van der Waals surface area contributed by atoms with Crippen LogP contribution in [0.3, 0.4) is 0 Å². The third kappa shape index (κ3) is 4.81. The average molecular weight is 394 g/mol. The number of nitrogens with one attached hydrogen (secondary N) is 2. The van der Waals surface area contributed by atoms with Gasteiger partial charge in [0.15, 0.2) is 0 Å². The highest BCUT2D eigenvalue weighted by Gasteiger charge is 2.14. The molecule has 0 saturated carbocycles. The van der Waals surface area contributed by atoms with Crippen molar-refractivity contribution in [2.24, 2.45) is 0 Å². The zero-order valence-corrected chi connectivity index (χ0v) is 15.8. The Labute approximate surface area is 163 Å². The van der Waals surface area contributed by atoms with Crippen molar-refractivity contribution in [1.29, 1.82) is 0 Å². The largest absolute Gasteiger partial charge is 0.383 e. The van der Waals surface area contributed by atoms with Gasteiger partial charge >= 0.3 is 0 Å². The molecule has 26 heavy (non-hydrogen) atoms. The molecule has 7 heteroatoms. The van der Waals surface area contributed by atoms with Crippen LogP contribution in [0.1, 0.15) is 6.42 Å². The number of rotatable bonds is 6. The molecule has 0 unspecified atom stereocenters. The van der Waals surface area contributed by atoms with Gasteiger partial charge in [0, 0.05) is 26.1 Å². The lowest BCUT2D eigenvalue weighted by Crippen LogP contribution is -2.36. The van der Waals surface area contributed by atoms with E-state index in [-0.39, 0.29) is 5.91 Å². The van der Waals surface area contributed by atoms with Crippen LogP contribution in [-0.4, -0.2) is 38.8 Å². The van der Waals surface area contributed by atoms with Gasteiger partial charge in [0.05, 0.1) is 40.3 Å². The number of benzene rings is 2. The fourth-order valence-corrected chi connectivity index (χ4v) is 3.32. The number of ether oxygens (including phenoxy) is 1. The number of carbonyl (C=O) groups is 1. The second kappa shape index (κ2) is 9.12. The van der Waals surface area contributed by atoms with Crippen LogP contribution in [0.5, 0.6) is 0 Å². The standard InChI is InChI=1S/C19H21Cl2N3O2/c20-14-4-3-5-15(21)19(14)23-18(25)8-9-22-16-6-1-2-7-17(16)24-10-12-26-13-11-24/h1-7,22H,8-13H2,(H,23,25). The van der Waals surface area contributed by atoms with Crippen LogP contribution in [0.25, 0.3) is 0 Å². The molecule has 0 spiro atoms. The molecule has 0 atom stereocenters. The van der Waals surface area contributed by atoms with Crippen LogP contribution in [0.4, 0.5) is 17.1 Å². The van der Waals surface area contributed by atoms with E-state index in [0.29, 0.717) is 28.7 Å². The van der Waals surface area contributed by atoms with Crippen molar-refractivity contribution < 1.29 is 9.53 Å². The maximum Gasteiger partial charge on any atom is 0.226 e. The van der Waals surface area contributed by atoms with Crippen molar-refractivity contribution in [2.75, 3.05) is 48.4 Å².